The second-order valence-electron chi connectivity index (χ2n) is 8.21. The van der Waals surface area contributed by atoms with E-state index >= 15 is 0 Å². The average molecular weight is 488 g/mol. The number of rotatable bonds is 6. The maximum atomic E-state index is 13.2. The molecule has 12 heteroatoms. The Balaban J connectivity index is 1.57. The minimum absolute atomic E-state index is 0.0316. The van der Waals surface area contributed by atoms with E-state index < -0.39 is 34.6 Å². The monoisotopic (exact) mass is 488 g/mol. The standard InChI is InChI=1S/C22H22F6N4O2/c23-21(24,25)15-9-14(10-16(11-15)22(26,27)28)17-13-32-18(20(33)29-17)12-19(30-32)34-8-4-7-31-5-2-1-3-6-31/h9-13H,1-8H2,(H,29,33). The third-order valence-corrected chi connectivity index (χ3v) is 5.66. The van der Waals surface area contributed by atoms with Crippen LogP contribution in [0.5, 0.6) is 5.88 Å². The first kappa shape index (κ1) is 24.1. The van der Waals surface area contributed by atoms with Gasteiger partial charge in [0.15, 0.2) is 0 Å². The van der Waals surface area contributed by atoms with Gasteiger partial charge in [-0.1, -0.05) is 6.42 Å². The second-order valence-corrected chi connectivity index (χ2v) is 8.21. The van der Waals surface area contributed by atoms with Gasteiger partial charge in [0, 0.05) is 18.2 Å². The van der Waals surface area contributed by atoms with E-state index in [1.807, 2.05) is 0 Å². The van der Waals surface area contributed by atoms with Crippen molar-refractivity contribution < 1.29 is 31.1 Å². The molecule has 6 nitrogen and oxygen atoms in total. The van der Waals surface area contributed by atoms with Gasteiger partial charge in [-0.15, -0.1) is 5.10 Å². The molecule has 184 valence electrons. The van der Waals surface area contributed by atoms with Crippen molar-refractivity contribution in [3.8, 4) is 17.1 Å². The molecule has 34 heavy (non-hydrogen) atoms. The third-order valence-electron chi connectivity index (χ3n) is 5.66. The van der Waals surface area contributed by atoms with Gasteiger partial charge in [-0.05, 0) is 50.6 Å². The first-order valence-electron chi connectivity index (χ1n) is 10.8. The molecular weight excluding hydrogens is 466 g/mol. The zero-order valence-corrected chi connectivity index (χ0v) is 18.0. The summed E-state index contributed by atoms with van der Waals surface area (Å²) in [5.41, 5.74) is -4.31. The predicted molar refractivity (Wildman–Crippen MR) is 112 cm³/mol. The van der Waals surface area contributed by atoms with Gasteiger partial charge in [0.2, 0.25) is 5.88 Å². The number of piperidine rings is 1. The Kier molecular flexibility index (Phi) is 6.61. The van der Waals surface area contributed by atoms with E-state index in [9.17, 15) is 31.1 Å². The van der Waals surface area contributed by atoms with Gasteiger partial charge in [0.05, 0.1) is 29.6 Å². The number of hydrogen-bond donors (Lipinski definition) is 1. The van der Waals surface area contributed by atoms with Crippen molar-refractivity contribution in [3.05, 3.63) is 51.9 Å². The molecule has 0 spiro atoms. The maximum absolute atomic E-state index is 13.2. The Morgan fingerprint density at radius 1 is 0.941 bits per heavy atom. The number of nitrogens with zero attached hydrogens (tertiary/aromatic N) is 3. The predicted octanol–water partition coefficient (Wildman–Crippen LogP) is 4.98. The highest BCUT2D eigenvalue weighted by Crippen LogP contribution is 2.38. The zero-order chi connectivity index (χ0) is 24.5. The van der Waals surface area contributed by atoms with Crippen molar-refractivity contribution in [2.45, 2.75) is 38.0 Å². The van der Waals surface area contributed by atoms with E-state index in [0.29, 0.717) is 18.7 Å². The molecule has 1 aliphatic rings. The number of alkyl halides is 6. The molecule has 0 saturated carbocycles. The van der Waals surface area contributed by atoms with Crippen molar-refractivity contribution in [2.75, 3.05) is 26.2 Å². The van der Waals surface area contributed by atoms with Gasteiger partial charge >= 0.3 is 12.4 Å². The number of aromatic amines is 1. The molecule has 4 rings (SSSR count). The molecule has 0 amide bonds. The van der Waals surface area contributed by atoms with Crippen molar-refractivity contribution in [2.24, 2.45) is 0 Å². The largest absolute Gasteiger partial charge is 0.477 e. The molecule has 1 N–H and O–H groups in total. The lowest BCUT2D eigenvalue weighted by atomic mass is 10.0. The van der Waals surface area contributed by atoms with Crippen LogP contribution in [0.3, 0.4) is 0 Å². The lowest BCUT2D eigenvalue weighted by molar-refractivity contribution is -0.143. The van der Waals surface area contributed by atoms with E-state index in [-0.39, 0.29) is 23.2 Å². The first-order chi connectivity index (χ1) is 16.0. The summed E-state index contributed by atoms with van der Waals surface area (Å²) >= 11 is 0. The Hall–Kier alpha value is -3.02. The van der Waals surface area contributed by atoms with E-state index in [4.69, 9.17) is 4.74 Å². The number of aromatic nitrogens is 3. The van der Waals surface area contributed by atoms with Crippen LogP contribution in [-0.4, -0.2) is 45.7 Å². The summed E-state index contributed by atoms with van der Waals surface area (Å²) in [6, 6.07) is 2.50. The average Bonchev–Trinajstić information content (AvgIpc) is 3.19. The fraction of sp³-hybridized carbons (Fsp3) is 0.455. The molecule has 2 aromatic heterocycles. The normalized spacial score (nSPS) is 15.7. The molecule has 1 aliphatic heterocycles. The quantitative estimate of drug-likeness (QED) is 0.393. The van der Waals surface area contributed by atoms with Crippen LogP contribution in [0.25, 0.3) is 16.8 Å². The van der Waals surface area contributed by atoms with Crippen molar-refractivity contribution in [1.29, 1.82) is 0 Å². The summed E-state index contributed by atoms with van der Waals surface area (Å²) < 4.78 is 85.8. The van der Waals surface area contributed by atoms with Crippen molar-refractivity contribution >= 4 is 5.52 Å². The fourth-order valence-corrected chi connectivity index (χ4v) is 3.96. The number of H-pyrrole nitrogens is 1. The number of nitrogens with one attached hydrogen (secondary N) is 1. The molecule has 0 bridgehead atoms. The molecule has 1 aromatic carbocycles. The Labute approximate surface area is 190 Å². The van der Waals surface area contributed by atoms with Crippen LogP contribution in [0.15, 0.2) is 35.3 Å². The molecule has 1 fully saturated rings. The van der Waals surface area contributed by atoms with Crippen LogP contribution in [0.1, 0.15) is 36.8 Å². The minimum Gasteiger partial charge on any atom is -0.477 e. The number of benzene rings is 1. The Bertz CT molecular complexity index is 1180. The second kappa shape index (κ2) is 9.32. The van der Waals surface area contributed by atoms with E-state index in [2.05, 4.69) is 15.0 Å². The molecule has 3 aromatic rings. The molecule has 3 heterocycles. The van der Waals surface area contributed by atoms with Crippen LogP contribution < -0.4 is 10.3 Å². The number of halogens is 6. The zero-order valence-electron chi connectivity index (χ0n) is 18.0. The molecule has 0 unspecified atom stereocenters. The molecule has 0 aliphatic carbocycles. The number of ether oxygens (including phenoxy) is 1. The van der Waals surface area contributed by atoms with E-state index in [1.165, 1.54) is 25.3 Å². The lowest BCUT2D eigenvalue weighted by Crippen LogP contribution is -2.31. The number of fused-ring (bicyclic) bond motifs is 1. The van der Waals surface area contributed by atoms with Gasteiger partial charge < -0.3 is 14.6 Å². The van der Waals surface area contributed by atoms with Gasteiger partial charge in [-0.25, -0.2) is 4.52 Å². The Morgan fingerprint density at radius 3 is 2.21 bits per heavy atom. The summed E-state index contributed by atoms with van der Waals surface area (Å²) in [6.07, 6.45) is -4.50. The van der Waals surface area contributed by atoms with Gasteiger partial charge in [0.1, 0.15) is 5.52 Å². The van der Waals surface area contributed by atoms with E-state index in [0.717, 1.165) is 36.8 Å². The highest BCUT2D eigenvalue weighted by Gasteiger charge is 2.37. The molecule has 0 atom stereocenters. The smallest absolute Gasteiger partial charge is 0.416 e. The van der Waals surface area contributed by atoms with Gasteiger partial charge in [-0.2, -0.15) is 26.3 Å². The highest BCUT2D eigenvalue weighted by molar-refractivity contribution is 5.63. The fourth-order valence-electron chi connectivity index (χ4n) is 3.96. The SMILES string of the molecule is O=c1[nH]c(-c2cc(C(F)(F)F)cc(C(F)(F)F)c2)cn2nc(OCCCN3CCCCC3)cc12. The molecular formula is C22H22F6N4O2. The van der Waals surface area contributed by atoms with Crippen LogP contribution in [-0.2, 0) is 12.4 Å². The van der Waals surface area contributed by atoms with Crippen molar-refractivity contribution in [1.82, 2.24) is 19.5 Å². The van der Waals surface area contributed by atoms with Crippen LogP contribution in [0, 0.1) is 0 Å². The number of hydrogen-bond acceptors (Lipinski definition) is 4. The minimum atomic E-state index is -5.00. The summed E-state index contributed by atoms with van der Waals surface area (Å²) in [5.74, 6) is 0.140. The molecule has 0 radical (unpaired) electrons. The number of likely N-dealkylation sites (tertiary alicyclic amines) is 1. The maximum Gasteiger partial charge on any atom is 0.416 e. The lowest BCUT2D eigenvalue weighted by Gasteiger charge is -2.26. The summed E-state index contributed by atoms with van der Waals surface area (Å²) in [7, 11) is 0. The first-order valence-corrected chi connectivity index (χ1v) is 10.8. The Morgan fingerprint density at radius 2 is 1.59 bits per heavy atom. The van der Waals surface area contributed by atoms with Crippen LogP contribution in [0.4, 0.5) is 26.3 Å². The highest BCUT2D eigenvalue weighted by atomic mass is 19.4. The van der Waals surface area contributed by atoms with Crippen LogP contribution >= 0.6 is 0 Å². The van der Waals surface area contributed by atoms with Crippen LogP contribution in [0.2, 0.25) is 0 Å². The third kappa shape index (κ3) is 5.54. The van der Waals surface area contributed by atoms with E-state index in [1.54, 1.807) is 0 Å². The topological polar surface area (TPSA) is 62.6 Å². The summed E-state index contributed by atoms with van der Waals surface area (Å²) in [6.45, 7) is 3.33. The van der Waals surface area contributed by atoms with Gasteiger partial charge in [-0.3, -0.25) is 4.79 Å². The van der Waals surface area contributed by atoms with Gasteiger partial charge in [0.25, 0.3) is 5.56 Å². The summed E-state index contributed by atoms with van der Waals surface area (Å²) in [5, 5.41) is 4.10. The van der Waals surface area contributed by atoms with Crippen molar-refractivity contribution in [3.63, 3.8) is 0 Å². The summed E-state index contributed by atoms with van der Waals surface area (Å²) in [4.78, 5) is 17.1. The molecule has 1 saturated heterocycles.